The highest BCUT2D eigenvalue weighted by molar-refractivity contribution is 6.58. The maximum absolute atomic E-state index is 13.9. The van der Waals surface area contributed by atoms with Crippen LogP contribution in [0.3, 0.4) is 0 Å². The first-order valence-corrected chi connectivity index (χ1v) is 15.9. The molecule has 5 N–H and O–H groups in total. The molecule has 1 aromatic heterocycles. The SMILES string of the molecule is CCC1=C([C@H](O)CC/C(=C/c2ccc(O)c3ccccc23)c2ccccn2)[C@H](CO)[C@@H]2C(=O)N(c3cccc(B(O)O)c3)C(=O)[C@@H]2C1. The minimum atomic E-state index is -1.76. The summed E-state index contributed by atoms with van der Waals surface area (Å²) in [7, 11) is -1.76. The molecule has 47 heavy (non-hydrogen) atoms. The smallest absolute Gasteiger partial charge is 0.488 e. The Bertz CT molecular complexity index is 1870. The molecule has 1 fully saturated rings. The van der Waals surface area contributed by atoms with E-state index in [4.69, 9.17) is 0 Å². The molecule has 2 amide bonds. The topological polar surface area (TPSA) is 151 Å². The van der Waals surface area contributed by atoms with Crippen molar-refractivity contribution in [2.75, 3.05) is 11.5 Å². The van der Waals surface area contributed by atoms with Gasteiger partial charge in [-0.25, -0.2) is 0 Å². The van der Waals surface area contributed by atoms with Crippen molar-refractivity contribution < 1.29 is 35.0 Å². The average molecular weight is 633 g/mol. The van der Waals surface area contributed by atoms with Crippen molar-refractivity contribution in [1.29, 1.82) is 0 Å². The summed E-state index contributed by atoms with van der Waals surface area (Å²) >= 11 is 0. The number of carbonyl (C=O) groups excluding carboxylic acids is 2. The highest BCUT2D eigenvalue weighted by Crippen LogP contribution is 2.48. The van der Waals surface area contributed by atoms with Crippen LogP contribution in [-0.4, -0.2) is 62.0 Å². The summed E-state index contributed by atoms with van der Waals surface area (Å²) in [6.07, 6.45) is 4.28. The van der Waals surface area contributed by atoms with E-state index in [1.165, 1.54) is 12.1 Å². The zero-order valence-electron chi connectivity index (χ0n) is 26.0. The Morgan fingerprint density at radius 1 is 1.00 bits per heavy atom. The van der Waals surface area contributed by atoms with Gasteiger partial charge >= 0.3 is 7.12 Å². The van der Waals surface area contributed by atoms with Gasteiger partial charge in [0.15, 0.2) is 0 Å². The number of allylic oxidation sites excluding steroid dienone is 2. The Kier molecular flexibility index (Phi) is 9.38. The fourth-order valence-corrected chi connectivity index (χ4v) is 7.27. The Morgan fingerprint density at radius 3 is 2.47 bits per heavy atom. The van der Waals surface area contributed by atoms with Crippen molar-refractivity contribution in [3.63, 3.8) is 0 Å². The number of aliphatic hydroxyl groups excluding tert-OH is 2. The molecule has 2 aliphatic rings. The summed E-state index contributed by atoms with van der Waals surface area (Å²) in [4.78, 5) is 33.2. The number of fused-ring (bicyclic) bond motifs is 2. The molecule has 10 heteroatoms. The van der Waals surface area contributed by atoms with E-state index in [9.17, 15) is 35.0 Å². The van der Waals surface area contributed by atoms with Gasteiger partial charge < -0.3 is 25.4 Å². The normalized spacial score (nSPS) is 20.6. The van der Waals surface area contributed by atoms with Gasteiger partial charge in [0.25, 0.3) is 0 Å². The van der Waals surface area contributed by atoms with Gasteiger partial charge in [-0.15, -0.1) is 0 Å². The Hall–Kier alpha value is -4.61. The quantitative estimate of drug-likeness (QED) is 0.101. The zero-order valence-corrected chi connectivity index (χ0v) is 26.0. The van der Waals surface area contributed by atoms with Gasteiger partial charge in [0, 0.05) is 17.5 Å². The third kappa shape index (κ3) is 6.13. The molecule has 9 nitrogen and oxygen atoms in total. The Balaban J connectivity index is 1.31. The summed E-state index contributed by atoms with van der Waals surface area (Å²) in [5.41, 5.74) is 4.36. The number of aromatic hydroxyl groups is 1. The first-order chi connectivity index (χ1) is 22.7. The Labute approximate surface area is 273 Å². The lowest BCUT2D eigenvalue weighted by molar-refractivity contribution is -0.123. The van der Waals surface area contributed by atoms with Crippen molar-refractivity contribution in [2.45, 2.75) is 38.7 Å². The maximum atomic E-state index is 13.9. The summed E-state index contributed by atoms with van der Waals surface area (Å²) in [5, 5.41) is 53.8. The molecule has 0 spiro atoms. The van der Waals surface area contributed by atoms with Gasteiger partial charge in [-0.1, -0.05) is 61.0 Å². The number of aromatic nitrogens is 1. The molecular formula is C37H37BN2O7. The number of hydrogen-bond acceptors (Lipinski definition) is 8. The lowest BCUT2D eigenvalue weighted by Crippen LogP contribution is -2.39. The average Bonchev–Trinajstić information content (AvgIpc) is 3.35. The summed E-state index contributed by atoms with van der Waals surface area (Å²) < 4.78 is 0. The highest BCUT2D eigenvalue weighted by Gasteiger charge is 2.55. The van der Waals surface area contributed by atoms with E-state index >= 15 is 0 Å². The minimum Gasteiger partial charge on any atom is -0.507 e. The maximum Gasteiger partial charge on any atom is 0.488 e. The number of hydrogen-bond donors (Lipinski definition) is 5. The molecule has 0 bridgehead atoms. The second-order valence-electron chi connectivity index (χ2n) is 12.2. The summed E-state index contributed by atoms with van der Waals surface area (Å²) in [6.45, 7) is 1.53. The monoisotopic (exact) mass is 632 g/mol. The predicted molar refractivity (Wildman–Crippen MR) is 181 cm³/mol. The van der Waals surface area contributed by atoms with E-state index in [2.05, 4.69) is 4.98 Å². The molecule has 1 aliphatic carbocycles. The number of carbonyl (C=O) groups is 2. The van der Waals surface area contributed by atoms with Gasteiger partial charge in [-0.2, -0.15) is 0 Å². The van der Waals surface area contributed by atoms with E-state index in [0.29, 0.717) is 18.4 Å². The Morgan fingerprint density at radius 2 is 1.77 bits per heavy atom. The molecule has 3 aromatic carbocycles. The van der Waals surface area contributed by atoms with Crippen LogP contribution in [0.5, 0.6) is 5.75 Å². The number of phenols is 1. The molecule has 0 saturated carbocycles. The lowest BCUT2D eigenvalue weighted by atomic mass is 9.67. The summed E-state index contributed by atoms with van der Waals surface area (Å²) in [6, 6.07) is 22.7. The fourth-order valence-electron chi connectivity index (χ4n) is 7.27. The van der Waals surface area contributed by atoms with Crippen LogP contribution >= 0.6 is 0 Å². The number of phenolic OH excluding ortho intramolecular Hbond substituents is 1. The molecule has 240 valence electrons. The molecule has 0 radical (unpaired) electrons. The standard InChI is InChI=1S/C37H37BN2O7/c1-2-22-19-29-35(37(45)40(36(29)44)26-9-7-8-25(20-26)38(46)47)30(21-41)34(22)33(43)16-14-24(31-12-5-6-17-39-31)18-23-13-15-32(42)28-11-4-3-10-27(23)28/h3-13,15,17-18,20,29-30,33,35,41-43,46-47H,2,14,16,19,21H2,1H3/b24-18-/t29-,30+,33-,35-/m1/s1. The zero-order chi connectivity index (χ0) is 33.2. The minimum absolute atomic E-state index is 0.150. The van der Waals surface area contributed by atoms with Crippen molar-refractivity contribution >= 4 is 52.5 Å². The molecule has 0 unspecified atom stereocenters. The third-order valence-electron chi connectivity index (χ3n) is 9.54. The van der Waals surface area contributed by atoms with Crippen LogP contribution in [0, 0.1) is 17.8 Å². The van der Waals surface area contributed by atoms with Crippen molar-refractivity contribution in [2.24, 2.45) is 17.8 Å². The number of imide groups is 1. The van der Waals surface area contributed by atoms with Crippen LogP contribution in [-0.2, 0) is 9.59 Å². The first kappa shape index (κ1) is 32.3. The first-order valence-electron chi connectivity index (χ1n) is 15.9. The molecule has 4 atom stereocenters. The van der Waals surface area contributed by atoms with Crippen molar-refractivity contribution in [3.8, 4) is 5.75 Å². The number of aliphatic hydroxyl groups is 2. The van der Waals surface area contributed by atoms with Crippen LogP contribution in [0.2, 0.25) is 0 Å². The second kappa shape index (κ2) is 13.6. The number of nitrogens with zero attached hydrogens (tertiary/aromatic N) is 2. The van der Waals surface area contributed by atoms with Crippen molar-refractivity contribution in [3.05, 3.63) is 107 Å². The van der Waals surface area contributed by atoms with Gasteiger partial charge in [-0.05, 0) is 89.6 Å². The number of benzene rings is 3. The number of rotatable bonds is 10. The third-order valence-corrected chi connectivity index (χ3v) is 9.54. The van der Waals surface area contributed by atoms with Gasteiger partial charge in [-0.3, -0.25) is 19.5 Å². The molecule has 1 aliphatic heterocycles. The van der Waals surface area contributed by atoms with Crippen LogP contribution in [0.25, 0.3) is 22.4 Å². The molecule has 1 saturated heterocycles. The lowest BCUT2D eigenvalue weighted by Gasteiger charge is -2.36. The van der Waals surface area contributed by atoms with Gasteiger partial charge in [0.2, 0.25) is 11.8 Å². The molecule has 6 rings (SSSR count). The van der Waals surface area contributed by atoms with E-state index in [1.54, 1.807) is 24.4 Å². The van der Waals surface area contributed by atoms with Gasteiger partial charge in [0.1, 0.15) is 5.75 Å². The predicted octanol–water partition coefficient (Wildman–Crippen LogP) is 3.83. The van der Waals surface area contributed by atoms with Crippen LogP contribution in [0.1, 0.15) is 43.9 Å². The fraction of sp³-hybridized carbons (Fsp3) is 0.270. The largest absolute Gasteiger partial charge is 0.507 e. The van der Waals surface area contributed by atoms with Crippen LogP contribution in [0.15, 0.2) is 96.2 Å². The summed E-state index contributed by atoms with van der Waals surface area (Å²) in [5.74, 6) is -2.99. The number of anilines is 1. The van der Waals surface area contributed by atoms with E-state index in [-0.39, 0.29) is 29.7 Å². The molecular weight excluding hydrogens is 595 g/mol. The van der Waals surface area contributed by atoms with Gasteiger partial charge in [0.05, 0.1) is 35.9 Å². The van der Waals surface area contributed by atoms with Crippen LogP contribution < -0.4 is 10.4 Å². The van der Waals surface area contributed by atoms with Crippen molar-refractivity contribution in [1.82, 2.24) is 4.98 Å². The highest BCUT2D eigenvalue weighted by atomic mass is 16.4. The van der Waals surface area contributed by atoms with E-state index in [1.807, 2.05) is 61.5 Å². The second-order valence-corrected chi connectivity index (χ2v) is 12.2. The number of amides is 2. The van der Waals surface area contributed by atoms with E-state index in [0.717, 1.165) is 38.1 Å². The van der Waals surface area contributed by atoms with Crippen LogP contribution in [0.4, 0.5) is 5.69 Å². The molecule has 4 aromatic rings. The van der Waals surface area contributed by atoms with E-state index < -0.39 is 49.4 Å². The number of pyridine rings is 1. The molecule has 2 heterocycles.